The Hall–Kier alpha value is -0.533. The minimum absolute atomic E-state index is 0.00900. The zero-order valence-corrected chi connectivity index (χ0v) is 11.5. The van der Waals surface area contributed by atoms with Crippen LogP contribution in [0.1, 0.15) is 16.8 Å². The summed E-state index contributed by atoms with van der Waals surface area (Å²) in [5, 5.41) is 0. The van der Waals surface area contributed by atoms with Crippen molar-refractivity contribution < 1.29 is 0 Å². The van der Waals surface area contributed by atoms with Crippen molar-refractivity contribution in [2.45, 2.75) is 5.66 Å². The van der Waals surface area contributed by atoms with Gasteiger partial charge in [-0.2, -0.15) is 0 Å². The number of benzene rings is 2. The van der Waals surface area contributed by atoms with Gasteiger partial charge in [0.05, 0.1) is 0 Å². The molecule has 17 heavy (non-hydrogen) atoms. The van der Waals surface area contributed by atoms with Crippen LogP contribution in [-0.4, -0.2) is 31.0 Å². The molecule has 0 saturated heterocycles. The van der Waals surface area contributed by atoms with E-state index in [1.165, 1.54) is 20.9 Å². The van der Waals surface area contributed by atoms with Crippen molar-refractivity contribution in [3.63, 3.8) is 0 Å². The molecule has 0 bridgehead atoms. The third kappa shape index (κ3) is 1.71. The molecule has 0 spiro atoms. The van der Waals surface area contributed by atoms with Gasteiger partial charge >= 0.3 is 114 Å². The summed E-state index contributed by atoms with van der Waals surface area (Å²) >= 11 is 2.25. The second-order valence-corrected chi connectivity index (χ2v) is 7.43. The van der Waals surface area contributed by atoms with E-state index in [1.807, 2.05) is 0 Å². The van der Waals surface area contributed by atoms with Gasteiger partial charge in [-0.1, -0.05) is 0 Å². The molecule has 0 amide bonds. The number of hydrogen-bond acceptors (Lipinski definition) is 0. The molecule has 0 aliphatic heterocycles. The average Bonchev–Trinajstić information content (AvgIpc) is 2.65. The zero-order chi connectivity index (χ0) is 12.0. The second-order valence-electron chi connectivity index (χ2n) is 4.99. The van der Waals surface area contributed by atoms with E-state index in [2.05, 4.69) is 73.5 Å². The van der Waals surface area contributed by atoms with Gasteiger partial charge in [-0.25, -0.2) is 0 Å². The molecule has 3 rings (SSSR count). The monoisotopic (exact) mass is 232 g/mol. The van der Waals surface area contributed by atoms with Gasteiger partial charge in [0.15, 0.2) is 0 Å². The standard InChI is InChI=1S/C15H14P.Li/c1-16(2)15-13-9-5-3-7-11(13)12-8-4-6-10-14(12)15;/h3-9,15H,1-2H3;. The van der Waals surface area contributed by atoms with Crippen LogP contribution in [0, 0.1) is 0 Å². The fourth-order valence-electron chi connectivity index (χ4n) is 2.95. The topological polar surface area (TPSA) is 0 Å². The van der Waals surface area contributed by atoms with Crippen molar-refractivity contribution in [3.05, 3.63) is 53.6 Å². The fourth-order valence-corrected chi connectivity index (χ4v) is 4.59. The van der Waals surface area contributed by atoms with Crippen molar-refractivity contribution in [1.82, 2.24) is 0 Å². The maximum atomic E-state index is 2.39. The first kappa shape index (κ1) is 11.6. The molecule has 0 heterocycles. The van der Waals surface area contributed by atoms with E-state index >= 15 is 0 Å². The van der Waals surface area contributed by atoms with Gasteiger partial charge in [-0.3, -0.25) is 0 Å². The Balaban J connectivity index is 2.34. The van der Waals surface area contributed by atoms with Crippen molar-refractivity contribution >= 4 is 29.9 Å². The second kappa shape index (κ2) is 4.29. The summed E-state index contributed by atoms with van der Waals surface area (Å²) in [6.07, 6.45) is 0. The van der Waals surface area contributed by atoms with Crippen LogP contribution in [0.25, 0.3) is 11.1 Å². The van der Waals surface area contributed by atoms with Crippen molar-refractivity contribution in [2.24, 2.45) is 0 Å². The SMILES string of the molecule is [Li][c]1cccc2c1C(P(C)C)c1ccccc1-2. The number of hydrogen-bond donors (Lipinski definition) is 0. The van der Waals surface area contributed by atoms with Crippen LogP contribution in [0.3, 0.4) is 0 Å². The van der Waals surface area contributed by atoms with Gasteiger partial charge in [-0.15, -0.1) is 0 Å². The normalized spacial score (nSPS) is 17.1. The summed E-state index contributed by atoms with van der Waals surface area (Å²) in [6, 6.07) is 15.6. The quantitative estimate of drug-likeness (QED) is 0.522. The van der Waals surface area contributed by atoms with E-state index in [4.69, 9.17) is 0 Å². The summed E-state index contributed by atoms with van der Waals surface area (Å²) in [5.74, 6) is 0. The number of fused-ring (bicyclic) bond motifs is 3. The Bertz CT molecular complexity index is 575. The third-order valence-electron chi connectivity index (χ3n) is 3.66. The zero-order valence-electron chi connectivity index (χ0n) is 10.6. The average molecular weight is 232 g/mol. The van der Waals surface area contributed by atoms with Crippen molar-refractivity contribution in [1.29, 1.82) is 0 Å². The van der Waals surface area contributed by atoms with Gasteiger partial charge in [0, 0.05) is 0 Å². The van der Waals surface area contributed by atoms with Crippen molar-refractivity contribution in [3.8, 4) is 11.1 Å². The Morgan fingerprint density at radius 2 is 1.65 bits per heavy atom. The minimum atomic E-state index is 0.00900. The predicted molar refractivity (Wildman–Crippen MR) is 77.9 cm³/mol. The molecule has 2 heteroatoms. The van der Waals surface area contributed by atoms with Crippen LogP contribution in [0.15, 0.2) is 42.5 Å². The summed E-state index contributed by atoms with van der Waals surface area (Å²) in [5.41, 5.74) is 6.66. The molecule has 1 unspecified atom stereocenters. The van der Waals surface area contributed by atoms with Crippen LogP contribution in [0.4, 0.5) is 0 Å². The molecule has 0 saturated carbocycles. The van der Waals surface area contributed by atoms with E-state index in [0.29, 0.717) is 5.66 Å². The molecule has 2 aromatic rings. The Morgan fingerprint density at radius 1 is 0.941 bits per heavy atom. The number of rotatable bonds is 1. The molecule has 0 N–H and O–H groups in total. The molecule has 80 valence electrons. The van der Waals surface area contributed by atoms with Crippen LogP contribution < -0.4 is 4.24 Å². The molecule has 2 aromatic carbocycles. The van der Waals surface area contributed by atoms with Gasteiger partial charge in [-0.05, 0) is 0 Å². The molecule has 1 aliphatic carbocycles. The van der Waals surface area contributed by atoms with Crippen LogP contribution in [0.5, 0.6) is 0 Å². The fraction of sp³-hybridized carbons (Fsp3) is 0.200. The van der Waals surface area contributed by atoms with E-state index < -0.39 is 0 Å². The van der Waals surface area contributed by atoms with E-state index in [1.54, 1.807) is 5.56 Å². The summed E-state index contributed by atoms with van der Waals surface area (Å²) in [7, 11) is 0.00900. The van der Waals surface area contributed by atoms with Crippen LogP contribution in [0.2, 0.25) is 0 Å². The molecule has 1 aliphatic rings. The Labute approximate surface area is 113 Å². The van der Waals surface area contributed by atoms with Gasteiger partial charge in [0.1, 0.15) is 0 Å². The van der Waals surface area contributed by atoms with Crippen LogP contribution >= 0.6 is 7.92 Å². The molecular weight excluding hydrogens is 218 g/mol. The summed E-state index contributed by atoms with van der Waals surface area (Å²) < 4.78 is 1.44. The van der Waals surface area contributed by atoms with E-state index in [9.17, 15) is 0 Å². The Morgan fingerprint density at radius 3 is 2.41 bits per heavy atom. The maximum absolute atomic E-state index is 2.39. The van der Waals surface area contributed by atoms with Crippen molar-refractivity contribution in [2.75, 3.05) is 13.3 Å². The molecule has 0 fully saturated rings. The Kier molecular flexibility index (Phi) is 2.92. The molecule has 0 aromatic heterocycles. The predicted octanol–water partition coefficient (Wildman–Crippen LogP) is 3.29. The summed E-state index contributed by atoms with van der Waals surface area (Å²) in [6.45, 7) is 4.77. The van der Waals surface area contributed by atoms with Gasteiger partial charge in [0.2, 0.25) is 0 Å². The summed E-state index contributed by atoms with van der Waals surface area (Å²) in [4.78, 5) is 0. The molecule has 0 radical (unpaired) electrons. The van der Waals surface area contributed by atoms with E-state index in [0.717, 1.165) is 0 Å². The van der Waals surface area contributed by atoms with Gasteiger partial charge in [0.25, 0.3) is 0 Å². The van der Waals surface area contributed by atoms with Crippen LogP contribution in [-0.2, 0) is 0 Å². The molecule has 1 atom stereocenters. The first-order valence-electron chi connectivity index (χ1n) is 6.05. The molecule has 0 nitrogen and oxygen atoms in total. The molecular formula is C15H14LiP. The van der Waals surface area contributed by atoms with E-state index in [-0.39, 0.29) is 7.92 Å². The van der Waals surface area contributed by atoms with Gasteiger partial charge < -0.3 is 0 Å². The third-order valence-corrected chi connectivity index (χ3v) is 5.23. The first-order chi connectivity index (χ1) is 8.20. The first-order valence-corrected chi connectivity index (χ1v) is 8.36.